The number of aryl methyl sites for hydroxylation is 3. The molecule has 2 heterocycles. The number of benzene rings is 2. The minimum Gasteiger partial charge on any atom is -0.331 e. The maximum atomic E-state index is 4.76. The van der Waals surface area contributed by atoms with E-state index in [9.17, 15) is 0 Å². The van der Waals surface area contributed by atoms with Crippen LogP contribution in [0.3, 0.4) is 0 Å². The lowest BCUT2D eigenvalue weighted by atomic mass is 10.1. The van der Waals surface area contributed by atoms with Gasteiger partial charge in [-0.15, -0.1) is 0 Å². The van der Waals surface area contributed by atoms with Gasteiger partial charge in [-0.3, -0.25) is 0 Å². The number of imidazole rings is 2. The van der Waals surface area contributed by atoms with Crippen LogP contribution in [-0.4, -0.2) is 24.9 Å². The SMILES string of the molecule is Cn1c(CCCCCCSc2nc3ccccc3n2C)nc2ccccc21. The van der Waals surface area contributed by atoms with E-state index in [4.69, 9.17) is 9.97 Å². The Labute approximate surface area is 164 Å². The minimum absolute atomic E-state index is 1.06. The molecule has 0 aliphatic rings. The molecule has 0 fully saturated rings. The van der Waals surface area contributed by atoms with Crippen LogP contribution in [0.25, 0.3) is 22.1 Å². The summed E-state index contributed by atoms with van der Waals surface area (Å²) in [5.74, 6) is 2.33. The molecule has 4 rings (SSSR count). The van der Waals surface area contributed by atoms with Crippen molar-refractivity contribution in [3.63, 3.8) is 0 Å². The Kier molecular flexibility index (Phi) is 5.48. The second-order valence-electron chi connectivity index (χ2n) is 7.03. The third-order valence-electron chi connectivity index (χ3n) is 5.15. The Bertz CT molecular complexity index is 963. The van der Waals surface area contributed by atoms with Gasteiger partial charge >= 0.3 is 0 Å². The highest BCUT2D eigenvalue weighted by molar-refractivity contribution is 7.99. The minimum atomic E-state index is 1.06. The fourth-order valence-electron chi connectivity index (χ4n) is 3.57. The molecule has 0 amide bonds. The van der Waals surface area contributed by atoms with Gasteiger partial charge in [-0.25, -0.2) is 9.97 Å². The van der Waals surface area contributed by atoms with Gasteiger partial charge in [-0.1, -0.05) is 48.9 Å². The highest BCUT2D eigenvalue weighted by Gasteiger charge is 2.08. The van der Waals surface area contributed by atoms with E-state index in [0.29, 0.717) is 0 Å². The fraction of sp³-hybridized carbons (Fsp3) is 0.364. The third-order valence-corrected chi connectivity index (χ3v) is 6.27. The summed E-state index contributed by atoms with van der Waals surface area (Å²) in [5.41, 5.74) is 4.63. The van der Waals surface area contributed by atoms with Crippen molar-refractivity contribution in [3.8, 4) is 0 Å². The van der Waals surface area contributed by atoms with Crippen molar-refractivity contribution in [2.75, 3.05) is 5.75 Å². The first-order valence-electron chi connectivity index (χ1n) is 9.68. The van der Waals surface area contributed by atoms with E-state index >= 15 is 0 Å². The number of hydrogen-bond acceptors (Lipinski definition) is 3. The summed E-state index contributed by atoms with van der Waals surface area (Å²) in [6.07, 6.45) is 6.01. The average molecular weight is 379 g/mol. The molecule has 0 unspecified atom stereocenters. The van der Waals surface area contributed by atoms with Crippen LogP contribution in [0.5, 0.6) is 0 Å². The zero-order chi connectivity index (χ0) is 18.6. The van der Waals surface area contributed by atoms with Gasteiger partial charge in [0.15, 0.2) is 5.16 Å². The molecule has 4 nitrogen and oxygen atoms in total. The third kappa shape index (κ3) is 3.88. The molecule has 4 aromatic rings. The molecule has 0 atom stereocenters. The van der Waals surface area contributed by atoms with Gasteiger partial charge in [0, 0.05) is 26.3 Å². The van der Waals surface area contributed by atoms with Gasteiger partial charge in [0.25, 0.3) is 0 Å². The number of thioether (sulfide) groups is 1. The van der Waals surface area contributed by atoms with Gasteiger partial charge in [0.05, 0.1) is 22.1 Å². The van der Waals surface area contributed by atoms with E-state index in [0.717, 1.165) is 28.4 Å². The first-order valence-corrected chi connectivity index (χ1v) is 10.7. The van der Waals surface area contributed by atoms with E-state index in [-0.39, 0.29) is 0 Å². The van der Waals surface area contributed by atoms with Gasteiger partial charge in [-0.05, 0) is 37.1 Å². The molecule has 0 aliphatic carbocycles. The van der Waals surface area contributed by atoms with Crippen molar-refractivity contribution in [1.82, 2.24) is 19.1 Å². The van der Waals surface area contributed by atoms with Crippen LogP contribution < -0.4 is 0 Å². The highest BCUT2D eigenvalue weighted by atomic mass is 32.2. The van der Waals surface area contributed by atoms with Crippen molar-refractivity contribution in [3.05, 3.63) is 54.4 Å². The summed E-state index contributed by atoms with van der Waals surface area (Å²) in [4.78, 5) is 9.50. The zero-order valence-corrected chi connectivity index (χ0v) is 16.9. The van der Waals surface area contributed by atoms with E-state index in [2.05, 4.69) is 65.7 Å². The molecule has 0 saturated heterocycles. The van der Waals surface area contributed by atoms with Crippen molar-refractivity contribution in [1.29, 1.82) is 0 Å². The number of rotatable bonds is 8. The van der Waals surface area contributed by atoms with Crippen LogP contribution in [0.4, 0.5) is 0 Å². The summed E-state index contributed by atoms with van der Waals surface area (Å²) in [6.45, 7) is 0. The summed E-state index contributed by atoms with van der Waals surface area (Å²) in [5, 5.41) is 1.12. The summed E-state index contributed by atoms with van der Waals surface area (Å²) >= 11 is 1.87. The van der Waals surface area contributed by atoms with Crippen molar-refractivity contribution >= 4 is 33.8 Å². The fourth-order valence-corrected chi connectivity index (χ4v) is 4.56. The molecule has 0 bridgehead atoms. The van der Waals surface area contributed by atoms with Crippen LogP contribution in [0.2, 0.25) is 0 Å². The molecule has 2 aromatic carbocycles. The van der Waals surface area contributed by atoms with Gasteiger partial charge in [0.1, 0.15) is 5.82 Å². The van der Waals surface area contributed by atoms with E-state index in [1.807, 2.05) is 17.8 Å². The molecule has 0 radical (unpaired) electrons. The standard InChI is InChI=1S/C22H26N4S/c1-25-19-13-8-6-11-17(19)23-21(25)15-5-3-4-10-16-27-22-24-18-12-7-9-14-20(18)26(22)2/h6-9,11-14H,3-5,10,15-16H2,1-2H3. The van der Waals surface area contributed by atoms with Crippen LogP contribution in [-0.2, 0) is 20.5 Å². The van der Waals surface area contributed by atoms with Gasteiger partial charge in [-0.2, -0.15) is 0 Å². The van der Waals surface area contributed by atoms with Crippen LogP contribution in [0, 0.1) is 0 Å². The Morgan fingerprint density at radius 1 is 0.741 bits per heavy atom. The second kappa shape index (κ2) is 8.17. The molecule has 5 heteroatoms. The lowest BCUT2D eigenvalue weighted by molar-refractivity contribution is 0.644. The van der Waals surface area contributed by atoms with Crippen LogP contribution >= 0.6 is 11.8 Å². The lowest BCUT2D eigenvalue weighted by Crippen LogP contribution is -1.98. The first-order chi connectivity index (χ1) is 13.2. The van der Waals surface area contributed by atoms with E-state index in [1.54, 1.807) is 0 Å². The molecular formula is C22H26N4S. The number of nitrogens with zero attached hydrogens (tertiary/aromatic N) is 4. The molecule has 0 aliphatic heterocycles. The number of aromatic nitrogens is 4. The number of fused-ring (bicyclic) bond motifs is 2. The molecule has 0 spiro atoms. The van der Waals surface area contributed by atoms with Crippen molar-refractivity contribution in [2.24, 2.45) is 14.1 Å². The lowest BCUT2D eigenvalue weighted by Gasteiger charge is -2.04. The maximum absolute atomic E-state index is 4.76. The van der Waals surface area contributed by atoms with Crippen LogP contribution in [0.1, 0.15) is 31.5 Å². The summed E-state index contributed by atoms with van der Waals surface area (Å²) in [6, 6.07) is 16.7. The van der Waals surface area contributed by atoms with Gasteiger partial charge < -0.3 is 9.13 Å². The molecule has 140 valence electrons. The molecule has 2 aromatic heterocycles. The summed E-state index contributed by atoms with van der Waals surface area (Å²) in [7, 11) is 4.23. The highest BCUT2D eigenvalue weighted by Crippen LogP contribution is 2.24. The number of para-hydroxylation sites is 4. The predicted octanol–water partition coefficient (Wildman–Crippen LogP) is 5.36. The molecule has 0 N–H and O–H groups in total. The van der Waals surface area contributed by atoms with Crippen LogP contribution in [0.15, 0.2) is 53.7 Å². The average Bonchev–Trinajstić information content (AvgIpc) is 3.19. The first kappa shape index (κ1) is 18.1. The Morgan fingerprint density at radius 2 is 1.37 bits per heavy atom. The van der Waals surface area contributed by atoms with E-state index in [1.165, 1.54) is 42.5 Å². The Hall–Kier alpha value is -2.27. The smallest absolute Gasteiger partial charge is 0.168 e. The topological polar surface area (TPSA) is 35.6 Å². The maximum Gasteiger partial charge on any atom is 0.168 e. The molecule has 27 heavy (non-hydrogen) atoms. The Balaban J connectivity index is 1.20. The predicted molar refractivity (Wildman–Crippen MR) is 114 cm³/mol. The van der Waals surface area contributed by atoms with Crippen molar-refractivity contribution in [2.45, 2.75) is 37.3 Å². The van der Waals surface area contributed by atoms with Crippen molar-refractivity contribution < 1.29 is 0 Å². The van der Waals surface area contributed by atoms with E-state index < -0.39 is 0 Å². The largest absolute Gasteiger partial charge is 0.331 e. The zero-order valence-electron chi connectivity index (χ0n) is 16.1. The summed E-state index contributed by atoms with van der Waals surface area (Å²) < 4.78 is 4.43. The number of unbranched alkanes of at least 4 members (excludes halogenated alkanes) is 3. The van der Waals surface area contributed by atoms with Gasteiger partial charge in [0.2, 0.25) is 0 Å². The normalized spacial score (nSPS) is 11.6. The molecular weight excluding hydrogens is 352 g/mol. The monoisotopic (exact) mass is 378 g/mol. The number of hydrogen-bond donors (Lipinski definition) is 0. The molecule has 0 saturated carbocycles. The second-order valence-corrected chi connectivity index (χ2v) is 8.09. The quantitative estimate of drug-likeness (QED) is 0.306. The Morgan fingerprint density at radius 3 is 2.07 bits per heavy atom.